The highest BCUT2D eigenvalue weighted by molar-refractivity contribution is 5.87. The van der Waals surface area contributed by atoms with Crippen molar-refractivity contribution in [1.82, 2.24) is 4.98 Å². The molecule has 5 nitrogen and oxygen atoms in total. The molecule has 0 fully saturated rings. The van der Waals surface area contributed by atoms with Crippen molar-refractivity contribution in [1.29, 1.82) is 5.26 Å². The van der Waals surface area contributed by atoms with E-state index in [-0.39, 0.29) is 11.3 Å². The number of nitrogens with one attached hydrogen (secondary N) is 1. The molecule has 0 bridgehead atoms. The average Bonchev–Trinajstić information content (AvgIpc) is 2.03. The standard InChI is InChI=1S/C7H4N2O3/c8-3-5-1-4(7(11)12)2-6(10)9-5/h1-2H,(H,9,10)(H,11,12). The zero-order valence-electron chi connectivity index (χ0n) is 5.87. The van der Waals surface area contributed by atoms with Crippen LogP contribution in [0.4, 0.5) is 0 Å². The first-order valence-corrected chi connectivity index (χ1v) is 3.01. The number of aromatic nitrogens is 1. The predicted molar refractivity (Wildman–Crippen MR) is 38.7 cm³/mol. The van der Waals surface area contributed by atoms with E-state index in [1.165, 1.54) is 0 Å². The van der Waals surface area contributed by atoms with Crippen molar-refractivity contribution in [2.24, 2.45) is 0 Å². The molecule has 0 saturated carbocycles. The van der Waals surface area contributed by atoms with Crippen LogP contribution in [0.3, 0.4) is 0 Å². The third-order valence-electron chi connectivity index (χ3n) is 1.21. The lowest BCUT2D eigenvalue weighted by Gasteiger charge is -1.92. The van der Waals surface area contributed by atoms with Crippen LogP contribution in [0.2, 0.25) is 0 Å². The Labute approximate surface area is 66.9 Å². The molecule has 0 amide bonds. The summed E-state index contributed by atoms with van der Waals surface area (Å²) in [6.07, 6.45) is 0. The van der Waals surface area contributed by atoms with Crippen molar-refractivity contribution >= 4 is 5.97 Å². The number of carboxylic acids is 1. The number of pyridine rings is 1. The molecule has 5 heteroatoms. The van der Waals surface area contributed by atoms with Gasteiger partial charge in [0.25, 0.3) is 0 Å². The third-order valence-corrected chi connectivity index (χ3v) is 1.21. The molecular weight excluding hydrogens is 160 g/mol. The van der Waals surface area contributed by atoms with Crippen LogP contribution in [0.1, 0.15) is 16.1 Å². The van der Waals surface area contributed by atoms with E-state index in [4.69, 9.17) is 10.4 Å². The summed E-state index contributed by atoms with van der Waals surface area (Å²) in [4.78, 5) is 23.2. The highest BCUT2D eigenvalue weighted by Gasteiger charge is 2.04. The van der Waals surface area contributed by atoms with Gasteiger partial charge in [-0.05, 0) is 6.07 Å². The van der Waals surface area contributed by atoms with E-state index in [9.17, 15) is 9.59 Å². The maximum Gasteiger partial charge on any atom is 0.335 e. The Morgan fingerprint density at radius 3 is 2.75 bits per heavy atom. The quantitative estimate of drug-likeness (QED) is 0.608. The molecule has 0 radical (unpaired) electrons. The van der Waals surface area contributed by atoms with E-state index in [0.717, 1.165) is 12.1 Å². The molecule has 0 spiro atoms. The maximum atomic E-state index is 10.7. The predicted octanol–water partition coefficient (Wildman–Crippen LogP) is -0.0552. The topological polar surface area (TPSA) is 93.9 Å². The first-order valence-electron chi connectivity index (χ1n) is 3.01. The number of nitriles is 1. The number of aromatic carboxylic acids is 1. The summed E-state index contributed by atoms with van der Waals surface area (Å²) < 4.78 is 0. The summed E-state index contributed by atoms with van der Waals surface area (Å²) >= 11 is 0. The third kappa shape index (κ3) is 1.49. The lowest BCUT2D eigenvalue weighted by Crippen LogP contribution is -2.10. The van der Waals surface area contributed by atoms with E-state index >= 15 is 0 Å². The van der Waals surface area contributed by atoms with Crippen LogP contribution in [-0.2, 0) is 0 Å². The molecule has 1 aromatic heterocycles. The lowest BCUT2D eigenvalue weighted by atomic mass is 10.2. The molecule has 0 saturated heterocycles. The number of hydrogen-bond acceptors (Lipinski definition) is 3. The van der Waals surface area contributed by atoms with Gasteiger partial charge in [0.1, 0.15) is 11.8 Å². The number of carboxylic acid groups (broad SMARTS) is 1. The van der Waals surface area contributed by atoms with Gasteiger partial charge in [0.05, 0.1) is 5.56 Å². The van der Waals surface area contributed by atoms with Crippen molar-refractivity contribution in [2.45, 2.75) is 0 Å². The fourth-order valence-electron chi connectivity index (χ4n) is 0.727. The SMILES string of the molecule is N#Cc1cc(C(=O)O)cc(=O)[nH]1. The van der Waals surface area contributed by atoms with Crippen LogP contribution in [0.25, 0.3) is 0 Å². The molecule has 12 heavy (non-hydrogen) atoms. The van der Waals surface area contributed by atoms with Crippen molar-refractivity contribution in [3.63, 3.8) is 0 Å². The van der Waals surface area contributed by atoms with Gasteiger partial charge in [0.15, 0.2) is 0 Å². The van der Waals surface area contributed by atoms with Crippen LogP contribution in [-0.4, -0.2) is 16.1 Å². The van der Waals surface area contributed by atoms with Crippen molar-refractivity contribution < 1.29 is 9.90 Å². The van der Waals surface area contributed by atoms with E-state index in [1.807, 2.05) is 0 Å². The average molecular weight is 164 g/mol. The molecule has 2 N–H and O–H groups in total. The van der Waals surface area contributed by atoms with Gasteiger partial charge in [-0.25, -0.2) is 4.79 Å². The summed E-state index contributed by atoms with van der Waals surface area (Å²) in [6, 6.07) is 3.66. The highest BCUT2D eigenvalue weighted by atomic mass is 16.4. The van der Waals surface area contributed by atoms with Crippen LogP contribution in [0, 0.1) is 11.3 Å². The van der Waals surface area contributed by atoms with Gasteiger partial charge in [0, 0.05) is 6.07 Å². The molecule has 60 valence electrons. The molecule has 1 heterocycles. The van der Waals surface area contributed by atoms with Gasteiger partial charge in [-0.3, -0.25) is 4.79 Å². The van der Waals surface area contributed by atoms with E-state index in [2.05, 4.69) is 4.98 Å². The van der Waals surface area contributed by atoms with Gasteiger partial charge in [-0.15, -0.1) is 0 Å². The first kappa shape index (κ1) is 8.01. The Hall–Kier alpha value is -2.09. The zero-order valence-corrected chi connectivity index (χ0v) is 5.87. The number of carbonyl (C=O) groups is 1. The Bertz CT molecular complexity index is 413. The normalized spacial score (nSPS) is 8.92. The fourth-order valence-corrected chi connectivity index (χ4v) is 0.727. The van der Waals surface area contributed by atoms with E-state index in [0.29, 0.717) is 0 Å². The number of H-pyrrole nitrogens is 1. The summed E-state index contributed by atoms with van der Waals surface area (Å²) in [6.45, 7) is 0. The summed E-state index contributed by atoms with van der Waals surface area (Å²) in [5.74, 6) is -1.22. The van der Waals surface area contributed by atoms with Crippen LogP contribution < -0.4 is 5.56 Å². The Balaban J connectivity index is 3.36. The van der Waals surface area contributed by atoms with Gasteiger partial charge in [-0.1, -0.05) is 0 Å². The van der Waals surface area contributed by atoms with Crippen molar-refractivity contribution in [3.8, 4) is 6.07 Å². The fraction of sp³-hybridized carbons (Fsp3) is 0. The molecule has 1 aromatic rings. The largest absolute Gasteiger partial charge is 0.478 e. The van der Waals surface area contributed by atoms with Gasteiger partial charge < -0.3 is 10.1 Å². The maximum absolute atomic E-state index is 10.7. The number of aromatic amines is 1. The summed E-state index contributed by atoms with van der Waals surface area (Å²) in [5, 5.41) is 16.8. The zero-order chi connectivity index (χ0) is 9.14. The van der Waals surface area contributed by atoms with Crippen LogP contribution >= 0.6 is 0 Å². The molecule has 1 rings (SSSR count). The second-order valence-corrected chi connectivity index (χ2v) is 2.06. The van der Waals surface area contributed by atoms with Gasteiger partial charge in [0.2, 0.25) is 5.56 Å². The second kappa shape index (κ2) is 2.88. The minimum absolute atomic E-state index is 0.0556. The number of hydrogen-bond donors (Lipinski definition) is 2. The Morgan fingerprint density at radius 1 is 1.58 bits per heavy atom. The minimum Gasteiger partial charge on any atom is -0.478 e. The minimum atomic E-state index is -1.22. The Kier molecular flexibility index (Phi) is 1.92. The Morgan fingerprint density at radius 2 is 2.25 bits per heavy atom. The monoisotopic (exact) mass is 164 g/mol. The first-order chi connectivity index (χ1) is 5.63. The molecule has 0 aliphatic carbocycles. The van der Waals surface area contributed by atoms with Gasteiger partial charge in [-0.2, -0.15) is 5.26 Å². The molecule has 0 aliphatic heterocycles. The smallest absolute Gasteiger partial charge is 0.335 e. The highest BCUT2D eigenvalue weighted by Crippen LogP contribution is 1.96. The summed E-state index contributed by atoms with van der Waals surface area (Å²) in [5.41, 5.74) is -0.832. The molecule has 0 unspecified atom stereocenters. The number of nitrogens with zero attached hydrogens (tertiary/aromatic N) is 1. The van der Waals surface area contributed by atoms with Crippen molar-refractivity contribution in [2.75, 3.05) is 0 Å². The van der Waals surface area contributed by atoms with Crippen molar-refractivity contribution in [3.05, 3.63) is 33.7 Å². The molecule has 0 atom stereocenters. The van der Waals surface area contributed by atoms with Crippen LogP contribution in [0.5, 0.6) is 0 Å². The molecule has 0 aliphatic rings. The second-order valence-electron chi connectivity index (χ2n) is 2.06. The number of rotatable bonds is 1. The summed E-state index contributed by atoms with van der Waals surface area (Å²) in [7, 11) is 0. The van der Waals surface area contributed by atoms with Gasteiger partial charge >= 0.3 is 5.97 Å². The van der Waals surface area contributed by atoms with E-state index in [1.54, 1.807) is 6.07 Å². The lowest BCUT2D eigenvalue weighted by molar-refractivity contribution is 0.0696. The molecular formula is C7H4N2O3. The van der Waals surface area contributed by atoms with Crippen LogP contribution in [0.15, 0.2) is 16.9 Å². The molecule has 0 aromatic carbocycles. The van der Waals surface area contributed by atoms with E-state index < -0.39 is 11.5 Å².